The fourth-order valence-electron chi connectivity index (χ4n) is 4.28. The van der Waals surface area contributed by atoms with Gasteiger partial charge < -0.3 is 19.6 Å². The Labute approximate surface area is 180 Å². The maximum atomic E-state index is 15.3. The van der Waals surface area contributed by atoms with Crippen LogP contribution < -0.4 is 25.0 Å². The van der Waals surface area contributed by atoms with Crippen molar-refractivity contribution in [3.63, 3.8) is 0 Å². The standard InChI is InChI=1S/C20H20FN5O4S/c1-23-10-30-18-15-12(17(27)13(19(28)29)9-26(15)23)7-14(21)16(18)25-5-3-11(8-25)24(2)20-22-4-6-31-20/h4,6-7,9,11H,3,5,8,10H2,1-2H3,(H,28,29)/t11-/m1/s1. The third-order valence-electron chi connectivity index (χ3n) is 5.89. The lowest BCUT2D eigenvalue weighted by molar-refractivity contribution is 0.0694. The minimum Gasteiger partial charge on any atom is -0.477 e. The van der Waals surface area contributed by atoms with Gasteiger partial charge >= 0.3 is 5.97 Å². The van der Waals surface area contributed by atoms with Gasteiger partial charge in [-0.3, -0.25) is 14.5 Å². The first-order valence-corrected chi connectivity index (χ1v) is 10.6. The van der Waals surface area contributed by atoms with E-state index in [9.17, 15) is 14.7 Å². The predicted octanol–water partition coefficient (Wildman–Crippen LogP) is 1.93. The van der Waals surface area contributed by atoms with Crippen molar-refractivity contribution in [2.24, 2.45) is 0 Å². The van der Waals surface area contributed by atoms with Gasteiger partial charge in [0.25, 0.3) is 0 Å². The van der Waals surface area contributed by atoms with Gasteiger partial charge in [0.15, 0.2) is 23.4 Å². The maximum absolute atomic E-state index is 15.3. The lowest BCUT2D eigenvalue weighted by Gasteiger charge is -2.33. The van der Waals surface area contributed by atoms with Gasteiger partial charge in [-0.2, -0.15) is 0 Å². The molecule has 4 heterocycles. The Morgan fingerprint density at radius 3 is 2.97 bits per heavy atom. The number of carboxylic acid groups (broad SMARTS) is 1. The minimum atomic E-state index is -1.35. The van der Waals surface area contributed by atoms with Gasteiger partial charge in [0, 0.05) is 45.0 Å². The number of hydrogen-bond donors (Lipinski definition) is 1. The molecule has 0 spiro atoms. The van der Waals surface area contributed by atoms with Crippen molar-refractivity contribution in [1.82, 2.24) is 9.66 Å². The first kappa shape index (κ1) is 19.6. The Hall–Kier alpha value is -3.34. The molecule has 0 bridgehead atoms. The van der Waals surface area contributed by atoms with Gasteiger partial charge in [0.2, 0.25) is 5.43 Å². The molecule has 5 rings (SSSR count). The number of aromatic nitrogens is 2. The van der Waals surface area contributed by atoms with Crippen molar-refractivity contribution in [3.05, 3.63) is 45.4 Å². The molecule has 1 atom stereocenters. The number of thiazole rings is 1. The molecule has 2 aliphatic rings. The van der Waals surface area contributed by atoms with Crippen LogP contribution in [0, 0.1) is 5.82 Å². The summed E-state index contributed by atoms with van der Waals surface area (Å²) in [4.78, 5) is 32.6. The predicted molar refractivity (Wildman–Crippen MR) is 116 cm³/mol. The summed E-state index contributed by atoms with van der Waals surface area (Å²) in [5.74, 6) is -1.69. The van der Waals surface area contributed by atoms with Gasteiger partial charge in [-0.25, -0.2) is 14.2 Å². The second-order valence-corrected chi connectivity index (χ2v) is 8.57. The molecule has 1 N–H and O–H groups in total. The lowest BCUT2D eigenvalue weighted by Crippen LogP contribution is -2.40. The van der Waals surface area contributed by atoms with Crippen LogP contribution in [0.5, 0.6) is 5.75 Å². The van der Waals surface area contributed by atoms with Crippen LogP contribution in [-0.2, 0) is 0 Å². The average Bonchev–Trinajstić information content (AvgIpc) is 3.43. The van der Waals surface area contributed by atoms with E-state index in [2.05, 4.69) is 9.88 Å². The molecule has 162 valence electrons. The molecular weight excluding hydrogens is 425 g/mol. The number of hydrogen-bond acceptors (Lipinski definition) is 8. The van der Waals surface area contributed by atoms with Crippen molar-refractivity contribution in [2.75, 3.05) is 48.7 Å². The highest BCUT2D eigenvalue weighted by molar-refractivity contribution is 7.13. The third-order valence-corrected chi connectivity index (χ3v) is 6.76. The molecule has 0 saturated carbocycles. The monoisotopic (exact) mass is 445 g/mol. The smallest absolute Gasteiger partial charge is 0.341 e. The summed E-state index contributed by atoms with van der Waals surface area (Å²) in [6.45, 7) is 1.28. The number of carboxylic acids is 1. The van der Waals surface area contributed by atoms with Gasteiger partial charge in [0.05, 0.1) is 11.4 Å². The number of aromatic carboxylic acids is 1. The number of ether oxygens (including phenoxy) is 1. The molecule has 3 aromatic rings. The topological polar surface area (TPSA) is 91.1 Å². The second kappa shape index (κ2) is 7.12. The Morgan fingerprint density at radius 2 is 2.26 bits per heavy atom. The lowest BCUT2D eigenvalue weighted by atomic mass is 10.1. The van der Waals surface area contributed by atoms with Crippen LogP contribution >= 0.6 is 11.3 Å². The van der Waals surface area contributed by atoms with Crippen molar-refractivity contribution in [3.8, 4) is 5.75 Å². The van der Waals surface area contributed by atoms with Crippen molar-refractivity contribution in [2.45, 2.75) is 12.5 Å². The number of rotatable bonds is 4. The van der Waals surface area contributed by atoms with Crippen molar-refractivity contribution in [1.29, 1.82) is 0 Å². The van der Waals surface area contributed by atoms with E-state index < -0.39 is 22.8 Å². The Balaban J connectivity index is 1.61. The van der Waals surface area contributed by atoms with Crippen LogP contribution in [0.25, 0.3) is 10.9 Å². The quantitative estimate of drug-likeness (QED) is 0.652. The highest BCUT2D eigenvalue weighted by atomic mass is 32.1. The zero-order chi connectivity index (χ0) is 21.9. The van der Waals surface area contributed by atoms with E-state index in [1.54, 1.807) is 34.3 Å². The molecule has 11 heteroatoms. The van der Waals surface area contributed by atoms with Crippen molar-refractivity contribution >= 4 is 39.0 Å². The zero-order valence-electron chi connectivity index (χ0n) is 16.9. The number of likely N-dealkylation sites (N-methyl/N-ethyl adjacent to an activating group) is 1. The van der Waals surface area contributed by atoms with Gasteiger partial charge in [0.1, 0.15) is 16.8 Å². The van der Waals surface area contributed by atoms with Gasteiger partial charge in [-0.15, -0.1) is 11.3 Å². The molecule has 31 heavy (non-hydrogen) atoms. The van der Waals surface area contributed by atoms with E-state index >= 15 is 4.39 Å². The molecular formula is C20H20FN5O4S. The van der Waals surface area contributed by atoms with E-state index in [1.165, 1.54) is 6.20 Å². The van der Waals surface area contributed by atoms with Crippen LogP contribution in [0.15, 0.2) is 28.6 Å². The number of benzene rings is 1. The average molecular weight is 445 g/mol. The zero-order valence-corrected chi connectivity index (χ0v) is 17.7. The van der Waals surface area contributed by atoms with Crippen LogP contribution in [0.2, 0.25) is 0 Å². The normalized spacial score (nSPS) is 17.8. The molecule has 9 nitrogen and oxygen atoms in total. The van der Waals surface area contributed by atoms with E-state index in [1.807, 2.05) is 17.3 Å². The number of pyridine rings is 1. The summed E-state index contributed by atoms with van der Waals surface area (Å²) in [6, 6.07) is 1.27. The summed E-state index contributed by atoms with van der Waals surface area (Å²) in [5, 5.41) is 13.8. The van der Waals surface area contributed by atoms with E-state index in [0.717, 1.165) is 17.6 Å². The van der Waals surface area contributed by atoms with Crippen LogP contribution in [0.3, 0.4) is 0 Å². The molecule has 0 unspecified atom stereocenters. The van der Waals surface area contributed by atoms with Crippen molar-refractivity contribution < 1.29 is 19.0 Å². The van der Waals surface area contributed by atoms with Crippen LogP contribution in [0.4, 0.5) is 15.2 Å². The SMILES string of the molecule is CN(c1nccs1)[C@@H]1CCN(c2c(F)cc3c(=O)c(C(=O)O)cn4c3c2OCN4C)C1. The first-order valence-electron chi connectivity index (χ1n) is 9.73. The van der Waals surface area contributed by atoms with E-state index in [-0.39, 0.29) is 23.9 Å². The number of carbonyl (C=O) groups is 1. The Bertz CT molecular complexity index is 1240. The minimum absolute atomic E-state index is 0.0154. The fourth-order valence-corrected chi connectivity index (χ4v) is 4.96. The molecule has 2 aliphatic heterocycles. The summed E-state index contributed by atoms with van der Waals surface area (Å²) in [6.07, 6.45) is 3.84. The third kappa shape index (κ3) is 2.99. The molecule has 1 fully saturated rings. The summed E-state index contributed by atoms with van der Waals surface area (Å²) < 4.78 is 22.8. The Kier molecular flexibility index (Phi) is 4.50. The number of halogens is 1. The van der Waals surface area contributed by atoms with Crippen LogP contribution in [-0.4, -0.2) is 60.7 Å². The number of nitrogens with zero attached hydrogens (tertiary/aromatic N) is 5. The molecule has 1 aromatic carbocycles. The summed E-state index contributed by atoms with van der Waals surface area (Å²) in [5.41, 5.74) is -0.471. The molecule has 0 amide bonds. The summed E-state index contributed by atoms with van der Waals surface area (Å²) >= 11 is 1.55. The highest BCUT2D eigenvalue weighted by Gasteiger charge is 2.34. The largest absolute Gasteiger partial charge is 0.477 e. The molecule has 0 aliphatic carbocycles. The van der Waals surface area contributed by atoms with Crippen LogP contribution in [0.1, 0.15) is 16.8 Å². The maximum Gasteiger partial charge on any atom is 0.341 e. The molecule has 2 aromatic heterocycles. The van der Waals surface area contributed by atoms with Gasteiger partial charge in [-0.1, -0.05) is 0 Å². The molecule has 0 radical (unpaired) electrons. The van der Waals surface area contributed by atoms with Gasteiger partial charge in [-0.05, 0) is 12.5 Å². The highest BCUT2D eigenvalue weighted by Crippen LogP contribution is 2.41. The summed E-state index contributed by atoms with van der Waals surface area (Å²) in [7, 11) is 3.68. The first-order chi connectivity index (χ1) is 14.9. The fraction of sp³-hybridized carbons (Fsp3) is 0.350. The number of anilines is 2. The Morgan fingerprint density at radius 1 is 1.45 bits per heavy atom. The van der Waals surface area contributed by atoms with E-state index in [4.69, 9.17) is 4.74 Å². The molecule has 1 saturated heterocycles. The van der Waals surface area contributed by atoms with E-state index in [0.29, 0.717) is 24.3 Å². The second-order valence-electron chi connectivity index (χ2n) is 7.70.